The van der Waals surface area contributed by atoms with Crippen LogP contribution in [-0.4, -0.2) is 26.8 Å². The molecule has 7 nitrogen and oxygen atoms in total. The van der Waals surface area contributed by atoms with Gasteiger partial charge in [-0.25, -0.2) is 9.97 Å². The van der Waals surface area contributed by atoms with E-state index in [0.29, 0.717) is 17.9 Å². The number of aryl methyl sites for hydroxylation is 2. The molecule has 0 saturated carbocycles. The molecule has 158 valence electrons. The molecule has 3 heterocycles. The molecule has 0 aliphatic carbocycles. The lowest BCUT2D eigenvalue weighted by Gasteiger charge is -2.29. The van der Waals surface area contributed by atoms with E-state index in [1.165, 1.54) is 6.33 Å². The van der Waals surface area contributed by atoms with E-state index in [1.54, 1.807) is 18.3 Å². The number of anilines is 1. The molecule has 0 saturated heterocycles. The van der Waals surface area contributed by atoms with E-state index in [1.807, 2.05) is 52.0 Å². The quantitative estimate of drug-likeness (QED) is 0.665. The summed E-state index contributed by atoms with van der Waals surface area (Å²) < 4.78 is 0. The molecule has 1 aromatic carbocycles. The number of nitrogens with one attached hydrogen (secondary N) is 2. The Bertz CT molecular complexity index is 1140. The zero-order valence-electron chi connectivity index (χ0n) is 18.1. The molecular weight excluding hydrogens is 390 g/mol. The molecule has 0 radical (unpaired) electrons. The predicted octanol–water partition coefficient (Wildman–Crippen LogP) is 3.43. The summed E-state index contributed by atoms with van der Waals surface area (Å²) in [6.07, 6.45) is 3.12. The van der Waals surface area contributed by atoms with E-state index < -0.39 is 5.41 Å². The van der Waals surface area contributed by atoms with Crippen molar-refractivity contribution in [3.63, 3.8) is 0 Å². The van der Waals surface area contributed by atoms with Crippen LogP contribution in [-0.2, 0) is 16.8 Å². The van der Waals surface area contributed by atoms with Crippen LogP contribution in [0.25, 0.3) is 0 Å². The minimum absolute atomic E-state index is 0.0988. The molecule has 2 amide bonds. The summed E-state index contributed by atoms with van der Waals surface area (Å²) in [6, 6.07) is 11.3. The molecule has 0 spiro atoms. The van der Waals surface area contributed by atoms with Crippen LogP contribution in [0.3, 0.4) is 0 Å². The maximum Gasteiger partial charge on any atom is 0.251 e. The maximum atomic E-state index is 12.8. The second kappa shape index (κ2) is 7.91. The number of aromatic nitrogens is 3. The number of benzene rings is 1. The average Bonchev–Trinajstić information content (AvgIpc) is 3.02. The molecule has 1 unspecified atom stereocenters. The third-order valence-corrected chi connectivity index (χ3v) is 6.10. The first-order valence-corrected chi connectivity index (χ1v) is 10.2. The van der Waals surface area contributed by atoms with Gasteiger partial charge in [-0.15, -0.1) is 0 Å². The highest BCUT2D eigenvalue weighted by molar-refractivity contribution is 6.05. The molecular formula is C24H25N5O2. The summed E-state index contributed by atoms with van der Waals surface area (Å²) in [7, 11) is 0. The Labute approximate surface area is 181 Å². The number of fused-ring (bicyclic) bond motifs is 1. The van der Waals surface area contributed by atoms with Crippen LogP contribution in [0.2, 0.25) is 0 Å². The Morgan fingerprint density at radius 1 is 1.19 bits per heavy atom. The summed E-state index contributed by atoms with van der Waals surface area (Å²) in [5, 5.41) is 5.77. The Morgan fingerprint density at radius 2 is 1.94 bits per heavy atom. The van der Waals surface area contributed by atoms with Crippen molar-refractivity contribution in [1.29, 1.82) is 0 Å². The largest absolute Gasteiger partial charge is 0.346 e. The first-order chi connectivity index (χ1) is 14.8. The van der Waals surface area contributed by atoms with Crippen molar-refractivity contribution in [2.45, 2.75) is 45.6 Å². The minimum Gasteiger partial charge on any atom is -0.346 e. The van der Waals surface area contributed by atoms with Gasteiger partial charge in [0.15, 0.2) is 0 Å². The highest BCUT2D eigenvalue weighted by atomic mass is 16.2. The van der Waals surface area contributed by atoms with E-state index >= 15 is 0 Å². The van der Waals surface area contributed by atoms with Crippen molar-refractivity contribution < 1.29 is 9.59 Å². The number of hydrogen-bond acceptors (Lipinski definition) is 5. The number of rotatable bonds is 5. The number of hydrogen-bond donors (Lipinski definition) is 2. The third kappa shape index (κ3) is 3.79. The first-order valence-electron chi connectivity index (χ1n) is 10.2. The van der Waals surface area contributed by atoms with Gasteiger partial charge in [-0.1, -0.05) is 19.1 Å². The van der Waals surface area contributed by atoms with Crippen molar-refractivity contribution >= 4 is 17.6 Å². The Balaban J connectivity index is 1.49. The fourth-order valence-electron chi connectivity index (χ4n) is 4.14. The van der Waals surface area contributed by atoms with Crippen LogP contribution in [0.15, 0.2) is 48.9 Å². The van der Waals surface area contributed by atoms with Gasteiger partial charge < -0.3 is 10.6 Å². The Kier molecular flexibility index (Phi) is 5.27. The zero-order valence-corrected chi connectivity index (χ0v) is 18.1. The van der Waals surface area contributed by atoms with E-state index in [9.17, 15) is 9.59 Å². The van der Waals surface area contributed by atoms with Crippen LogP contribution >= 0.6 is 0 Å². The number of pyridine rings is 1. The Morgan fingerprint density at radius 3 is 2.65 bits per heavy atom. The van der Waals surface area contributed by atoms with Crippen LogP contribution in [0, 0.1) is 13.8 Å². The molecule has 4 rings (SSSR count). The molecule has 31 heavy (non-hydrogen) atoms. The lowest BCUT2D eigenvalue weighted by molar-refractivity contribution is -0.120. The average molecular weight is 415 g/mol. The molecule has 3 aromatic rings. The third-order valence-electron chi connectivity index (χ3n) is 6.10. The second-order valence-corrected chi connectivity index (χ2v) is 8.25. The monoisotopic (exact) mass is 415 g/mol. The summed E-state index contributed by atoms with van der Waals surface area (Å²) in [5.41, 5.74) is 4.40. The molecule has 1 aliphatic rings. The lowest BCUT2D eigenvalue weighted by Crippen LogP contribution is -2.36. The van der Waals surface area contributed by atoms with Gasteiger partial charge in [-0.2, -0.15) is 0 Å². The van der Waals surface area contributed by atoms with Crippen LogP contribution in [0.5, 0.6) is 0 Å². The summed E-state index contributed by atoms with van der Waals surface area (Å²) in [6.45, 7) is 8.22. The molecule has 2 atom stereocenters. The van der Waals surface area contributed by atoms with Crippen molar-refractivity contribution in [3.05, 3.63) is 82.6 Å². The van der Waals surface area contributed by atoms with Crippen molar-refractivity contribution in [2.75, 3.05) is 5.32 Å². The fraction of sp³-hybridized carbons (Fsp3) is 0.292. The smallest absolute Gasteiger partial charge is 0.251 e. The number of amides is 2. The van der Waals surface area contributed by atoms with Gasteiger partial charge in [0, 0.05) is 23.0 Å². The molecule has 7 heteroatoms. The highest BCUT2D eigenvalue weighted by Gasteiger charge is 2.48. The molecule has 2 aromatic heterocycles. The number of nitrogens with zero attached hydrogens (tertiary/aromatic N) is 3. The zero-order chi connectivity index (χ0) is 22.2. The maximum absolute atomic E-state index is 12.8. The Hall–Kier alpha value is -3.61. The molecule has 0 bridgehead atoms. The first kappa shape index (κ1) is 20.7. The second-order valence-electron chi connectivity index (χ2n) is 8.25. The van der Waals surface area contributed by atoms with Crippen molar-refractivity contribution in [3.8, 4) is 0 Å². The van der Waals surface area contributed by atoms with Crippen LogP contribution in [0.4, 0.5) is 5.82 Å². The van der Waals surface area contributed by atoms with Gasteiger partial charge in [0.2, 0.25) is 5.91 Å². The number of carbonyl (C=O) groups is 2. The van der Waals surface area contributed by atoms with Gasteiger partial charge in [-0.05, 0) is 62.1 Å². The van der Waals surface area contributed by atoms with Gasteiger partial charge in [-0.3, -0.25) is 14.6 Å². The minimum atomic E-state index is -0.783. The molecule has 0 fully saturated rings. The lowest BCUT2D eigenvalue weighted by atomic mass is 9.71. The summed E-state index contributed by atoms with van der Waals surface area (Å²) in [5.74, 6) is 0.170. The standard InChI is InChI=1S/C24H25N5O2/c1-14-9-15(2)28-19(10-14)11-26-22(30)18-7-5-17(6-8-18)16(3)24(4)20-12-25-13-27-21(20)29-23(24)31/h5-10,12-13,16H,11H2,1-4H3,(H,26,30)(H,25,27,29,31)/t16?,24-/m1/s1. The molecule has 2 N–H and O–H groups in total. The topological polar surface area (TPSA) is 96.9 Å². The van der Waals surface area contributed by atoms with Gasteiger partial charge in [0.1, 0.15) is 12.1 Å². The fourth-order valence-corrected chi connectivity index (χ4v) is 4.14. The van der Waals surface area contributed by atoms with Crippen molar-refractivity contribution in [2.24, 2.45) is 0 Å². The SMILES string of the molecule is Cc1cc(C)nc(CNC(=O)c2ccc(C(C)[C@@]3(C)C(=O)Nc4ncncc43)cc2)c1. The number of carbonyl (C=O) groups excluding carboxylic acids is 2. The normalized spacial score (nSPS) is 18.3. The summed E-state index contributed by atoms with van der Waals surface area (Å²) in [4.78, 5) is 38.1. The van der Waals surface area contributed by atoms with Gasteiger partial charge in [0.05, 0.1) is 17.7 Å². The highest BCUT2D eigenvalue weighted by Crippen LogP contribution is 2.45. The van der Waals surface area contributed by atoms with E-state index in [4.69, 9.17) is 0 Å². The van der Waals surface area contributed by atoms with Gasteiger partial charge in [0.25, 0.3) is 5.91 Å². The van der Waals surface area contributed by atoms with E-state index in [-0.39, 0.29) is 17.7 Å². The van der Waals surface area contributed by atoms with E-state index in [2.05, 4.69) is 25.6 Å². The summed E-state index contributed by atoms with van der Waals surface area (Å²) >= 11 is 0. The van der Waals surface area contributed by atoms with Gasteiger partial charge >= 0.3 is 0 Å². The predicted molar refractivity (Wildman–Crippen MR) is 118 cm³/mol. The molecule has 1 aliphatic heterocycles. The van der Waals surface area contributed by atoms with Crippen LogP contribution < -0.4 is 10.6 Å². The van der Waals surface area contributed by atoms with Crippen molar-refractivity contribution in [1.82, 2.24) is 20.3 Å². The van der Waals surface area contributed by atoms with Crippen LogP contribution in [0.1, 0.15) is 58.2 Å². The van der Waals surface area contributed by atoms with E-state index in [0.717, 1.165) is 28.1 Å².